The summed E-state index contributed by atoms with van der Waals surface area (Å²) in [5.41, 5.74) is -4.10. The summed E-state index contributed by atoms with van der Waals surface area (Å²) in [7, 11) is 0. The number of nitrogens with one attached hydrogen (secondary N) is 1. The first-order chi connectivity index (χ1) is 8.28. The zero-order valence-corrected chi connectivity index (χ0v) is 12.1. The van der Waals surface area contributed by atoms with Gasteiger partial charge in [0.1, 0.15) is 0 Å². The molecular formula is C12H23F3N2S. The van der Waals surface area contributed by atoms with Crippen LogP contribution >= 0.6 is 11.8 Å². The van der Waals surface area contributed by atoms with Crippen LogP contribution in [0.5, 0.6) is 0 Å². The van der Waals surface area contributed by atoms with Gasteiger partial charge in [0.2, 0.25) is 0 Å². The summed E-state index contributed by atoms with van der Waals surface area (Å²) in [6.45, 7) is 8.65. The van der Waals surface area contributed by atoms with Gasteiger partial charge in [0.25, 0.3) is 0 Å². The van der Waals surface area contributed by atoms with Crippen molar-refractivity contribution in [3.8, 4) is 0 Å². The molecule has 1 rings (SSSR count). The molecule has 6 heteroatoms. The van der Waals surface area contributed by atoms with Crippen LogP contribution in [0.25, 0.3) is 0 Å². The van der Waals surface area contributed by atoms with Gasteiger partial charge in [0.05, 0.1) is 0 Å². The van der Waals surface area contributed by atoms with Gasteiger partial charge >= 0.3 is 5.51 Å². The molecule has 1 fully saturated rings. The highest BCUT2D eigenvalue weighted by Gasteiger charge is 2.30. The van der Waals surface area contributed by atoms with Crippen LogP contribution in [0, 0.1) is 5.92 Å². The minimum Gasteiger partial charge on any atom is -0.311 e. The zero-order chi connectivity index (χ0) is 13.8. The molecule has 0 aliphatic carbocycles. The van der Waals surface area contributed by atoms with Gasteiger partial charge in [-0.2, -0.15) is 13.2 Å². The minimum atomic E-state index is -4.10. The Hall–Kier alpha value is 0.0600. The molecule has 0 radical (unpaired) electrons. The van der Waals surface area contributed by atoms with E-state index in [9.17, 15) is 13.2 Å². The Bertz CT molecular complexity index is 246. The van der Waals surface area contributed by atoms with Crippen LogP contribution < -0.4 is 5.32 Å². The lowest BCUT2D eigenvalue weighted by molar-refractivity contribution is -0.0329. The van der Waals surface area contributed by atoms with E-state index in [1.807, 2.05) is 0 Å². The summed E-state index contributed by atoms with van der Waals surface area (Å²) in [5.74, 6) is 0.740. The second kappa shape index (κ2) is 7.01. The van der Waals surface area contributed by atoms with E-state index in [1.54, 1.807) is 0 Å². The molecule has 18 heavy (non-hydrogen) atoms. The lowest BCUT2D eigenvalue weighted by atomic mass is 10.0. The largest absolute Gasteiger partial charge is 0.441 e. The highest BCUT2D eigenvalue weighted by Crippen LogP contribution is 2.30. The highest BCUT2D eigenvalue weighted by atomic mass is 32.2. The molecule has 0 aromatic carbocycles. The van der Waals surface area contributed by atoms with Crippen molar-refractivity contribution < 1.29 is 13.2 Å². The van der Waals surface area contributed by atoms with Crippen molar-refractivity contribution in [2.75, 3.05) is 25.4 Å². The Kier molecular flexibility index (Phi) is 6.27. The van der Waals surface area contributed by atoms with Crippen LogP contribution in [-0.4, -0.2) is 47.9 Å². The Morgan fingerprint density at radius 2 is 2.06 bits per heavy atom. The lowest BCUT2D eigenvalue weighted by Crippen LogP contribution is -2.56. The van der Waals surface area contributed by atoms with Crippen LogP contribution in [0.1, 0.15) is 27.2 Å². The first-order valence-corrected chi connectivity index (χ1v) is 7.44. The van der Waals surface area contributed by atoms with Crippen LogP contribution in [0.2, 0.25) is 0 Å². The molecule has 0 spiro atoms. The Morgan fingerprint density at radius 1 is 1.39 bits per heavy atom. The van der Waals surface area contributed by atoms with Crippen molar-refractivity contribution >= 4 is 11.8 Å². The number of halogens is 3. The van der Waals surface area contributed by atoms with E-state index < -0.39 is 5.51 Å². The van der Waals surface area contributed by atoms with Crippen molar-refractivity contribution in [3.63, 3.8) is 0 Å². The van der Waals surface area contributed by atoms with Crippen LogP contribution in [0.15, 0.2) is 0 Å². The van der Waals surface area contributed by atoms with E-state index in [-0.39, 0.29) is 17.5 Å². The van der Waals surface area contributed by atoms with Crippen molar-refractivity contribution in [3.05, 3.63) is 0 Å². The van der Waals surface area contributed by atoms with Crippen molar-refractivity contribution in [2.45, 2.75) is 44.8 Å². The predicted molar refractivity (Wildman–Crippen MR) is 70.8 cm³/mol. The highest BCUT2D eigenvalue weighted by molar-refractivity contribution is 8.00. The monoisotopic (exact) mass is 284 g/mol. The Morgan fingerprint density at radius 3 is 2.61 bits per heavy atom. The van der Waals surface area contributed by atoms with Crippen molar-refractivity contribution in [1.29, 1.82) is 0 Å². The first kappa shape index (κ1) is 16.1. The van der Waals surface area contributed by atoms with Gasteiger partial charge < -0.3 is 5.32 Å². The first-order valence-electron chi connectivity index (χ1n) is 6.46. The zero-order valence-electron chi connectivity index (χ0n) is 11.3. The van der Waals surface area contributed by atoms with Crippen LogP contribution in [0.4, 0.5) is 13.2 Å². The van der Waals surface area contributed by atoms with E-state index in [1.165, 1.54) is 0 Å². The van der Waals surface area contributed by atoms with E-state index in [0.717, 1.165) is 19.5 Å². The van der Waals surface area contributed by atoms with Gasteiger partial charge in [0, 0.05) is 37.5 Å². The summed E-state index contributed by atoms with van der Waals surface area (Å²) in [4.78, 5) is 2.17. The smallest absolute Gasteiger partial charge is 0.311 e. The number of nitrogens with zero attached hydrogens (tertiary/aromatic N) is 1. The van der Waals surface area contributed by atoms with Gasteiger partial charge in [-0.15, -0.1) is 0 Å². The van der Waals surface area contributed by atoms with Gasteiger partial charge in [0.15, 0.2) is 0 Å². The van der Waals surface area contributed by atoms with Gasteiger partial charge in [-0.25, -0.2) is 0 Å². The van der Waals surface area contributed by atoms with Gasteiger partial charge in [-0.1, -0.05) is 13.8 Å². The number of thioether (sulfide) groups is 1. The molecule has 1 saturated heterocycles. The SMILES string of the molecule is CC(C)CC1CN(CCSC(F)(F)F)C(C)CN1. The lowest BCUT2D eigenvalue weighted by Gasteiger charge is -2.39. The molecule has 0 aromatic rings. The van der Waals surface area contributed by atoms with Crippen LogP contribution in [0.3, 0.4) is 0 Å². The maximum absolute atomic E-state index is 12.1. The summed E-state index contributed by atoms with van der Waals surface area (Å²) >= 11 is 0.0823. The number of rotatable bonds is 5. The van der Waals surface area contributed by atoms with E-state index in [0.29, 0.717) is 24.5 Å². The molecule has 1 aliphatic heterocycles. The fraction of sp³-hybridized carbons (Fsp3) is 1.00. The Balaban J connectivity index is 2.33. The van der Waals surface area contributed by atoms with E-state index >= 15 is 0 Å². The van der Waals surface area contributed by atoms with Gasteiger partial charge in [-0.3, -0.25) is 4.90 Å². The molecule has 2 atom stereocenters. The number of hydrogen-bond acceptors (Lipinski definition) is 3. The summed E-state index contributed by atoms with van der Waals surface area (Å²) in [6.07, 6.45) is 1.08. The molecular weight excluding hydrogens is 261 g/mol. The second-order valence-corrected chi connectivity index (χ2v) is 6.53. The average Bonchev–Trinajstić information content (AvgIpc) is 2.20. The molecule has 0 aromatic heterocycles. The third kappa shape index (κ3) is 6.29. The topological polar surface area (TPSA) is 15.3 Å². The Labute approximate surface area is 112 Å². The standard InChI is InChI=1S/C12H23F3N2S/c1-9(2)6-11-8-17(10(3)7-16-11)4-5-18-12(13,14)15/h9-11,16H,4-8H2,1-3H3. The summed E-state index contributed by atoms with van der Waals surface area (Å²) in [5, 5.41) is 3.47. The summed E-state index contributed by atoms with van der Waals surface area (Å²) < 4.78 is 36.3. The molecule has 0 saturated carbocycles. The molecule has 2 nitrogen and oxygen atoms in total. The minimum absolute atomic E-state index is 0.0823. The summed E-state index contributed by atoms with van der Waals surface area (Å²) in [6, 6.07) is 0.735. The maximum atomic E-state index is 12.1. The molecule has 1 aliphatic rings. The third-order valence-electron chi connectivity index (χ3n) is 3.18. The normalized spacial score (nSPS) is 26.8. The number of piperazine rings is 1. The van der Waals surface area contributed by atoms with Crippen molar-refractivity contribution in [2.24, 2.45) is 5.92 Å². The predicted octanol–water partition coefficient (Wildman–Crippen LogP) is 2.95. The van der Waals surface area contributed by atoms with E-state index in [2.05, 4.69) is 31.0 Å². The number of alkyl halides is 3. The van der Waals surface area contributed by atoms with Crippen molar-refractivity contribution in [1.82, 2.24) is 10.2 Å². The number of hydrogen-bond donors (Lipinski definition) is 1. The maximum Gasteiger partial charge on any atom is 0.441 e. The fourth-order valence-electron chi connectivity index (χ4n) is 2.31. The molecule has 108 valence electrons. The van der Waals surface area contributed by atoms with Crippen LogP contribution in [-0.2, 0) is 0 Å². The molecule has 1 heterocycles. The van der Waals surface area contributed by atoms with E-state index in [4.69, 9.17) is 0 Å². The average molecular weight is 284 g/mol. The van der Waals surface area contributed by atoms with Gasteiger partial charge in [-0.05, 0) is 31.0 Å². The molecule has 0 amide bonds. The molecule has 1 N–H and O–H groups in total. The molecule has 2 unspecified atom stereocenters. The third-order valence-corrected chi connectivity index (χ3v) is 3.89. The second-order valence-electron chi connectivity index (χ2n) is 5.37. The fourth-order valence-corrected chi connectivity index (χ4v) is 2.87. The molecule has 0 bridgehead atoms. The quantitative estimate of drug-likeness (QED) is 0.835.